The molecule has 0 aromatic heterocycles. The van der Waals surface area contributed by atoms with Crippen LogP contribution in [0.5, 0.6) is 5.75 Å². The number of quaternary nitrogens is 1. The third kappa shape index (κ3) is 3.95. The molecule has 0 aliphatic heterocycles. The van der Waals surface area contributed by atoms with E-state index in [1.807, 2.05) is 30.3 Å². The van der Waals surface area contributed by atoms with Crippen LogP contribution in [0.15, 0.2) is 42.5 Å². The fourth-order valence-electron chi connectivity index (χ4n) is 2.38. The third-order valence-electron chi connectivity index (χ3n) is 3.69. The van der Waals surface area contributed by atoms with Gasteiger partial charge in [0.05, 0.1) is 13.1 Å². The first-order valence-electron chi connectivity index (χ1n) is 7.36. The largest absolute Gasteiger partial charge is 0.491 e. The van der Waals surface area contributed by atoms with Gasteiger partial charge in [-0.3, -0.25) is 0 Å². The minimum atomic E-state index is -0.420. The zero-order valence-corrected chi connectivity index (χ0v) is 12.3. The summed E-state index contributed by atoms with van der Waals surface area (Å²) in [5.74, 6) is 0.817. The van der Waals surface area contributed by atoms with Gasteiger partial charge < -0.3 is 14.7 Å². The van der Waals surface area contributed by atoms with E-state index in [0.717, 1.165) is 30.8 Å². The molecule has 108 valence electrons. The number of rotatable bonds is 7. The second kappa shape index (κ2) is 7.27. The van der Waals surface area contributed by atoms with Crippen molar-refractivity contribution >= 4 is 10.8 Å². The lowest BCUT2D eigenvalue weighted by molar-refractivity contribution is -0.899. The topological polar surface area (TPSA) is 33.9 Å². The van der Waals surface area contributed by atoms with Crippen LogP contribution in [0.4, 0.5) is 0 Å². The first kappa shape index (κ1) is 14.8. The Kier molecular flexibility index (Phi) is 5.39. The van der Waals surface area contributed by atoms with Crippen molar-refractivity contribution in [3.63, 3.8) is 0 Å². The van der Waals surface area contributed by atoms with Crippen molar-refractivity contribution in [2.24, 2.45) is 0 Å². The van der Waals surface area contributed by atoms with Crippen LogP contribution in [-0.2, 0) is 0 Å². The molecular weight excluding hydrogens is 250 g/mol. The van der Waals surface area contributed by atoms with E-state index in [1.165, 1.54) is 10.3 Å². The number of hydrogen-bond acceptors (Lipinski definition) is 2. The average Bonchev–Trinajstić information content (AvgIpc) is 2.50. The molecular formula is C17H24NO2+. The molecule has 0 amide bonds. The van der Waals surface area contributed by atoms with Crippen LogP contribution in [0.25, 0.3) is 10.8 Å². The Morgan fingerprint density at radius 1 is 1.05 bits per heavy atom. The molecule has 20 heavy (non-hydrogen) atoms. The van der Waals surface area contributed by atoms with E-state index in [0.29, 0.717) is 6.61 Å². The van der Waals surface area contributed by atoms with Crippen molar-refractivity contribution in [2.75, 3.05) is 26.2 Å². The van der Waals surface area contributed by atoms with E-state index in [9.17, 15) is 5.11 Å². The molecule has 1 atom stereocenters. The molecule has 3 nitrogen and oxygen atoms in total. The summed E-state index contributed by atoms with van der Waals surface area (Å²) >= 11 is 0. The van der Waals surface area contributed by atoms with Crippen molar-refractivity contribution in [3.8, 4) is 5.75 Å². The van der Waals surface area contributed by atoms with Gasteiger partial charge in [-0.05, 0) is 36.8 Å². The number of aliphatic hydroxyl groups is 1. The van der Waals surface area contributed by atoms with E-state index in [-0.39, 0.29) is 0 Å². The Balaban J connectivity index is 1.92. The molecule has 2 N–H and O–H groups in total. The first-order valence-corrected chi connectivity index (χ1v) is 7.36. The van der Waals surface area contributed by atoms with Gasteiger partial charge in [0.25, 0.3) is 0 Å². The molecule has 0 radical (unpaired) electrons. The van der Waals surface area contributed by atoms with Crippen molar-refractivity contribution in [1.82, 2.24) is 0 Å². The lowest BCUT2D eigenvalue weighted by Crippen LogP contribution is -3.12. The predicted molar refractivity (Wildman–Crippen MR) is 82.4 cm³/mol. The minimum absolute atomic E-state index is 0.349. The predicted octanol–water partition coefficient (Wildman–Crippen LogP) is 1.50. The molecule has 0 bridgehead atoms. The minimum Gasteiger partial charge on any atom is -0.491 e. The molecule has 0 heterocycles. The van der Waals surface area contributed by atoms with Crippen LogP contribution in [0.3, 0.4) is 0 Å². The van der Waals surface area contributed by atoms with Crippen molar-refractivity contribution < 1.29 is 14.7 Å². The van der Waals surface area contributed by atoms with Crippen LogP contribution >= 0.6 is 0 Å². The summed E-state index contributed by atoms with van der Waals surface area (Å²) in [6.45, 7) is 7.42. The molecule has 0 saturated carbocycles. The van der Waals surface area contributed by atoms with Crippen LogP contribution in [0.2, 0.25) is 0 Å². The molecule has 0 aliphatic rings. The van der Waals surface area contributed by atoms with Gasteiger partial charge in [0.15, 0.2) is 0 Å². The van der Waals surface area contributed by atoms with Gasteiger partial charge in [-0.1, -0.05) is 30.3 Å². The van der Waals surface area contributed by atoms with Gasteiger partial charge in [0.1, 0.15) is 25.0 Å². The second-order valence-corrected chi connectivity index (χ2v) is 5.14. The summed E-state index contributed by atoms with van der Waals surface area (Å²) in [7, 11) is 0. The molecule has 2 rings (SSSR count). The highest BCUT2D eigenvalue weighted by Gasteiger charge is 2.12. The Morgan fingerprint density at radius 3 is 2.45 bits per heavy atom. The Labute approximate surface area is 120 Å². The highest BCUT2D eigenvalue weighted by molar-refractivity contribution is 5.83. The zero-order valence-electron chi connectivity index (χ0n) is 12.3. The van der Waals surface area contributed by atoms with Crippen molar-refractivity contribution in [1.29, 1.82) is 0 Å². The lowest BCUT2D eigenvalue weighted by atomic mass is 10.1. The van der Waals surface area contributed by atoms with Crippen LogP contribution < -0.4 is 9.64 Å². The molecule has 0 saturated heterocycles. The van der Waals surface area contributed by atoms with Crippen LogP contribution in [-0.4, -0.2) is 37.5 Å². The number of aliphatic hydroxyl groups excluding tert-OH is 1. The third-order valence-corrected chi connectivity index (χ3v) is 3.69. The average molecular weight is 274 g/mol. The number of nitrogens with one attached hydrogen (secondary N) is 1. The summed E-state index contributed by atoms with van der Waals surface area (Å²) < 4.78 is 5.70. The summed E-state index contributed by atoms with van der Waals surface area (Å²) in [4.78, 5) is 1.39. The van der Waals surface area contributed by atoms with Gasteiger partial charge in [0, 0.05) is 0 Å². The molecule has 3 heteroatoms. The number of benzene rings is 2. The maximum Gasteiger partial charge on any atom is 0.137 e. The van der Waals surface area contributed by atoms with E-state index in [2.05, 4.69) is 26.0 Å². The molecule has 0 fully saturated rings. The van der Waals surface area contributed by atoms with E-state index >= 15 is 0 Å². The number of ether oxygens (including phenoxy) is 1. The fraction of sp³-hybridized carbons (Fsp3) is 0.412. The van der Waals surface area contributed by atoms with Crippen LogP contribution in [0, 0.1) is 0 Å². The highest BCUT2D eigenvalue weighted by Crippen LogP contribution is 2.20. The standard InChI is InChI=1S/C17H23NO2/c1-3-18(4-2)12-16(19)13-20-17-10-9-14-7-5-6-8-15(14)11-17/h5-11,16,19H,3-4,12-13H2,1-2H3/p+1/t16-/m1/s1. The smallest absolute Gasteiger partial charge is 0.137 e. The normalized spacial score (nSPS) is 12.8. The maximum atomic E-state index is 10.0. The molecule has 0 spiro atoms. The van der Waals surface area contributed by atoms with Gasteiger partial charge in [-0.25, -0.2) is 0 Å². The monoisotopic (exact) mass is 274 g/mol. The summed E-state index contributed by atoms with van der Waals surface area (Å²) in [5, 5.41) is 12.4. The second-order valence-electron chi connectivity index (χ2n) is 5.14. The molecule has 2 aromatic carbocycles. The van der Waals surface area contributed by atoms with Gasteiger partial charge >= 0.3 is 0 Å². The molecule has 2 aromatic rings. The number of hydrogen-bond donors (Lipinski definition) is 2. The van der Waals surface area contributed by atoms with Gasteiger partial charge in [-0.2, -0.15) is 0 Å². The Hall–Kier alpha value is -1.58. The van der Waals surface area contributed by atoms with Gasteiger partial charge in [0.2, 0.25) is 0 Å². The Bertz CT molecular complexity index is 537. The van der Waals surface area contributed by atoms with E-state index in [4.69, 9.17) is 4.74 Å². The highest BCUT2D eigenvalue weighted by atomic mass is 16.5. The van der Waals surface area contributed by atoms with Crippen LogP contribution in [0.1, 0.15) is 13.8 Å². The van der Waals surface area contributed by atoms with Crippen molar-refractivity contribution in [3.05, 3.63) is 42.5 Å². The fourth-order valence-corrected chi connectivity index (χ4v) is 2.38. The SMILES string of the molecule is CC[NH+](CC)C[C@@H](O)COc1ccc2ccccc2c1. The zero-order chi connectivity index (χ0) is 14.4. The maximum absolute atomic E-state index is 10.0. The molecule has 0 unspecified atom stereocenters. The summed E-state index contributed by atoms with van der Waals surface area (Å²) in [6.07, 6.45) is -0.420. The quantitative estimate of drug-likeness (QED) is 0.802. The Morgan fingerprint density at radius 2 is 1.75 bits per heavy atom. The summed E-state index contributed by atoms with van der Waals surface area (Å²) in [6, 6.07) is 14.2. The van der Waals surface area contributed by atoms with E-state index in [1.54, 1.807) is 0 Å². The molecule has 0 aliphatic carbocycles. The van der Waals surface area contributed by atoms with Crippen molar-refractivity contribution in [2.45, 2.75) is 20.0 Å². The summed E-state index contributed by atoms with van der Waals surface area (Å²) in [5.41, 5.74) is 0. The lowest BCUT2D eigenvalue weighted by Gasteiger charge is -2.19. The first-order chi connectivity index (χ1) is 9.72. The number of fused-ring (bicyclic) bond motifs is 1. The van der Waals surface area contributed by atoms with E-state index < -0.39 is 6.10 Å². The number of likely N-dealkylation sites (N-methyl/N-ethyl adjacent to an activating group) is 1. The van der Waals surface area contributed by atoms with Gasteiger partial charge in [-0.15, -0.1) is 0 Å².